The number of carbonyl (C=O) groups is 1. The predicted octanol–water partition coefficient (Wildman–Crippen LogP) is 3.52. The molecule has 8 heteroatoms. The van der Waals surface area contributed by atoms with Gasteiger partial charge in [-0.15, -0.1) is 0 Å². The molecule has 0 unspecified atom stereocenters. The summed E-state index contributed by atoms with van der Waals surface area (Å²) in [6, 6.07) is 9.60. The van der Waals surface area contributed by atoms with Crippen LogP contribution in [0.1, 0.15) is 16.1 Å². The van der Waals surface area contributed by atoms with Crippen LogP contribution >= 0.6 is 34.8 Å². The second kappa shape index (κ2) is 7.97. The van der Waals surface area contributed by atoms with Crippen LogP contribution in [0, 0.1) is 0 Å². The summed E-state index contributed by atoms with van der Waals surface area (Å²) < 4.78 is 0. The number of aromatic carboxylic acids is 1. The van der Waals surface area contributed by atoms with Crippen LogP contribution in [-0.4, -0.2) is 17.2 Å². The minimum Gasteiger partial charge on any atom is -0.543 e. The zero-order valence-corrected chi connectivity index (χ0v) is 13.7. The third-order valence-corrected chi connectivity index (χ3v) is 3.76. The minimum atomic E-state index is -1.57. The highest BCUT2D eigenvalue weighted by molar-refractivity contribution is 6.46. The van der Waals surface area contributed by atoms with Gasteiger partial charge in [0.1, 0.15) is 10.7 Å². The average molecular weight is 370 g/mol. The molecule has 0 aliphatic carbocycles. The Bertz CT molecular complexity index is 777. The second-order valence-corrected chi connectivity index (χ2v) is 5.32. The zero-order valence-electron chi connectivity index (χ0n) is 11.5. The predicted molar refractivity (Wildman–Crippen MR) is 91.2 cm³/mol. The molecule has 1 heterocycles. The molecule has 0 saturated heterocycles. The summed E-state index contributed by atoms with van der Waals surface area (Å²) in [5, 5.41) is 14.3. The average Bonchev–Trinajstić information content (AvgIpc) is 2.54. The van der Waals surface area contributed by atoms with Crippen LogP contribution in [0.15, 0.2) is 41.5 Å². The Labute approximate surface area is 147 Å². The molecule has 0 aliphatic rings. The smallest absolute Gasteiger partial charge is 0.150 e. The number of nitrogens with one attached hydrogen (secondary N) is 1. The van der Waals surface area contributed by atoms with Gasteiger partial charge in [-0.25, -0.2) is 4.98 Å². The van der Waals surface area contributed by atoms with Crippen molar-refractivity contribution in [2.24, 2.45) is 5.10 Å². The monoisotopic (exact) mass is 368 g/mol. The van der Waals surface area contributed by atoms with Gasteiger partial charge in [-0.2, -0.15) is 5.10 Å². The summed E-state index contributed by atoms with van der Waals surface area (Å²) in [5.74, 6) is -1.57. The maximum Gasteiger partial charge on any atom is 0.150 e. The Hall–Kier alpha value is -2.08. The van der Waals surface area contributed by atoms with Crippen LogP contribution in [0.4, 0.5) is 5.69 Å². The number of anilines is 1. The van der Waals surface area contributed by atoms with E-state index in [1.807, 2.05) is 36.4 Å². The Morgan fingerprint density at radius 2 is 1.87 bits per heavy atom. The van der Waals surface area contributed by atoms with E-state index in [1.165, 1.54) is 6.21 Å². The molecule has 0 amide bonds. The first kappa shape index (κ1) is 17.3. The van der Waals surface area contributed by atoms with Gasteiger partial charge < -0.3 is 9.90 Å². The molecule has 0 saturated carbocycles. The van der Waals surface area contributed by atoms with Crippen molar-refractivity contribution in [3.8, 4) is 0 Å². The lowest BCUT2D eigenvalue weighted by atomic mass is 10.2. The van der Waals surface area contributed by atoms with E-state index in [9.17, 15) is 9.90 Å². The fourth-order valence-electron chi connectivity index (χ4n) is 1.61. The third kappa shape index (κ3) is 4.45. The van der Waals surface area contributed by atoms with Gasteiger partial charge in [0.15, 0.2) is 5.15 Å². The number of benzene rings is 1. The van der Waals surface area contributed by atoms with E-state index < -0.39 is 11.7 Å². The third-order valence-electron chi connectivity index (χ3n) is 2.66. The highest BCUT2D eigenvalue weighted by atomic mass is 35.5. The molecule has 2 rings (SSSR count). The summed E-state index contributed by atoms with van der Waals surface area (Å²) in [5.41, 5.74) is 3.07. The maximum absolute atomic E-state index is 10.9. The lowest BCUT2D eigenvalue weighted by molar-refractivity contribution is -0.255. The van der Waals surface area contributed by atoms with E-state index in [-0.39, 0.29) is 20.9 Å². The number of hydrogen-bond donors (Lipinski definition) is 1. The van der Waals surface area contributed by atoms with E-state index in [1.54, 1.807) is 6.08 Å². The topological polar surface area (TPSA) is 77.4 Å². The first-order valence-electron chi connectivity index (χ1n) is 6.27. The summed E-state index contributed by atoms with van der Waals surface area (Å²) in [6.45, 7) is 0. The largest absolute Gasteiger partial charge is 0.543 e. The number of halogens is 3. The lowest BCUT2D eigenvalue weighted by Gasteiger charge is -2.11. The van der Waals surface area contributed by atoms with Crippen molar-refractivity contribution in [1.82, 2.24) is 4.98 Å². The van der Waals surface area contributed by atoms with Crippen molar-refractivity contribution in [3.63, 3.8) is 0 Å². The van der Waals surface area contributed by atoms with Gasteiger partial charge in [-0.3, -0.25) is 5.43 Å². The molecule has 1 N–H and O–H groups in total. The van der Waals surface area contributed by atoms with E-state index >= 15 is 0 Å². The molecule has 118 valence electrons. The van der Waals surface area contributed by atoms with Crippen LogP contribution in [0.2, 0.25) is 15.2 Å². The molecule has 0 bridgehead atoms. The lowest BCUT2D eigenvalue weighted by Crippen LogP contribution is -2.24. The van der Waals surface area contributed by atoms with Crippen LogP contribution < -0.4 is 10.5 Å². The number of hydrazone groups is 1. The molecule has 0 fully saturated rings. The SMILES string of the molecule is O=C([O-])c1nc(Cl)c(Cl)c(N/N=C\C=C\c2ccccc2)c1Cl. The molecule has 1 aromatic carbocycles. The Kier molecular flexibility index (Phi) is 5.98. The molecule has 0 radical (unpaired) electrons. The van der Waals surface area contributed by atoms with Gasteiger partial charge in [0, 0.05) is 6.21 Å². The normalized spacial score (nSPS) is 11.3. The number of allylic oxidation sites excluding steroid dienone is 1. The van der Waals surface area contributed by atoms with Crippen LogP contribution in [0.3, 0.4) is 0 Å². The summed E-state index contributed by atoms with van der Waals surface area (Å²) in [7, 11) is 0. The Balaban J connectivity index is 2.15. The Morgan fingerprint density at radius 3 is 2.52 bits per heavy atom. The maximum atomic E-state index is 10.9. The van der Waals surface area contributed by atoms with E-state index in [0.717, 1.165) is 5.56 Å². The standard InChI is InChI=1S/C15H10Cl3N3O2/c16-10-12(11(17)14(18)20-13(10)15(22)23)21-19-8-4-7-9-5-2-1-3-6-9/h1-8H,(H,20,21)(H,22,23)/p-1/b7-4+,19-8-. The molecule has 5 nitrogen and oxygen atoms in total. The van der Waals surface area contributed by atoms with Gasteiger partial charge in [0.2, 0.25) is 0 Å². The number of rotatable bonds is 5. The molecule has 0 aliphatic heterocycles. The zero-order chi connectivity index (χ0) is 16.8. The second-order valence-electron chi connectivity index (χ2n) is 4.20. The fraction of sp³-hybridized carbons (Fsp3) is 0. The number of pyridine rings is 1. The number of carboxylic acid groups (broad SMARTS) is 1. The quantitative estimate of drug-likeness (QED) is 0.497. The molecule has 1 aromatic heterocycles. The van der Waals surface area contributed by atoms with Gasteiger partial charge in [-0.1, -0.05) is 71.2 Å². The van der Waals surface area contributed by atoms with Crippen molar-refractivity contribution in [2.75, 3.05) is 5.43 Å². The van der Waals surface area contributed by atoms with Crippen molar-refractivity contribution < 1.29 is 9.90 Å². The molecule has 0 atom stereocenters. The Morgan fingerprint density at radius 1 is 1.17 bits per heavy atom. The molecular formula is C15H9Cl3N3O2-. The van der Waals surface area contributed by atoms with E-state index in [4.69, 9.17) is 34.8 Å². The van der Waals surface area contributed by atoms with Crippen LogP contribution in [0.5, 0.6) is 0 Å². The first-order valence-corrected chi connectivity index (χ1v) is 7.40. The number of carboxylic acids is 1. The summed E-state index contributed by atoms with van der Waals surface area (Å²) in [4.78, 5) is 14.5. The highest BCUT2D eigenvalue weighted by Gasteiger charge is 2.16. The van der Waals surface area contributed by atoms with Gasteiger partial charge >= 0.3 is 0 Å². The van der Waals surface area contributed by atoms with Crippen molar-refractivity contribution in [2.45, 2.75) is 0 Å². The number of aromatic nitrogens is 1. The summed E-state index contributed by atoms with van der Waals surface area (Å²) >= 11 is 17.6. The van der Waals surface area contributed by atoms with E-state index in [2.05, 4.69) is 15.5 Å². The van der Waals surface area contributed by atoms with E-state index in [0.29, 0.717) is 0 Å². The first-order chi connectivity index (χ1) is 11.0. The minimum absolute atomic E-state index is 0.0362. The molecule has 0 spiro atoms. The van der Waals surface area contributed by atoms with Crippen molar-refractivity contribution in [3.05, 3.63) is 62.9 Å². The van der Waals surface area contributed by atoms with Gasteiger partial charge in [-0.05, 0) is 11.6 Å². The summed E-state index contributed by atoms with van der Waals surface area (Å²) in [6.07, 6.45) is 4.97. The van der Waals surface area contributed by atoms with Crippen LogP contribution in [0.25, 0.3) is 6.08 Å². The number of carbonyl (C=O) groups excluding carboxylic acids is 1. The fourth-order valence-corrected chi connectivity index (χ4v) is 2.27. The van der Waals surface area contributed by atoms with Crippen molar-refractivity contribution >= 4 is 58.8 Å². The molecule has 2 aromatic rings. The van der Waals surface area contributed by atoms with Crippen molar-refractivity contribution in [1.29, 1.82) is 0 Å². The number of hydrogen-bond acceptors (Lipinski definition) is 5. The number of nitrogens with zero attached hydrogens (tertiary/aromatic N) is 2. The van der Waals surface area contributed by atoms with Gasteiger partial charge in [0.05, 0.1) is 16.7 Å². The molecular weight excluding hydrogens is 361 g/mol. The molecule has 23 heavy (non-hydrogen) atoms. The van der Waals surface area contributed by atoms with Crippen LogP contribution in [-0.2, 0) is 0 Å². The van der Waals surface area contributed by atoms with Gasteiger partial charge in [0.25, 0.3) is 0 Å². The highest BCUT2D eigenvalue weighted by Crippen LogP contribution is 2.36.